The molecule has 0 spiro atoms. The van der Waals surface area contributed by atoms with E-state index in [0.717, 1.165) is 0 Å². The van der Waals surface area contributed by atoms with Gasteiger partial charge in [0.25, 0.3) is 0 Å². The fourth-order valence-corrected chi connectivity index (χ4v) is 9.31. The Labute approximate surface area is 98.9 Å². The van der Waals surface area contributed by atoms with Gasteiger partial charge >= 0.3 is 13.1 Å². The predicted octanol–water partition coefficient (Wildman–Crippen LogP) is 4.30. The molecule has 0 aliphatic carbocycles. The van der Waals surface area contributed by atoms with Crippen molar-refractivity contribution < 1.29 is 17.3 Å². The van der Waals surface area contributed by atoms with Crippen molar-refractivity contribution in [2.24, 2.45) is 0 Å². The second-order valence-corrected chi connectivity index (χ2v) is 14.1. The van der Waals surface area contributed by atoms with Gasteiger partial charge in [-0.3, -0.25) is 0 Å². The second-order valence-electron chi connectivity index (χ2n) is 3.66. The Morgan fingerprint density at radius 2 is 1.80 bits per heavy atom. The quantitative estimate of drug-likeness (QED) is 0.543. The summed E-state index contributed by atoms with van der Waals surface area (Å²) >= 11 is 11.5. The third-order valence-corrected chi connectivity index (χ3v) is 9.24. The molecule has 0 unspecified atom stereocenters. The lowest BCUT2D eigenvalue weighted by molar-refractivity contribution is -0.130. The summed E-state index contributed by atoms with van der Waals surface area (Å²) in [6.07, 6.45) is -5.25. The van der Waals surface area contributed by atoms with Gasteiger partial charge in [-0.1, -0.05) is 5.70 Å². The molecule has 0 aliphatic heterocycles. The summed E-state index contributed by atoms with van der Waals surface area (Å²) < 4.78 is 41.2. The minimum Gasteiger partial charge on any atom is -0.430 e. The fraction of sp³-hybridized carbons (Fsp3) is 0.714. The molecule has 0 atom stereocenters. The highest BCUT2D eigenvalue weighted by atomic mass is 35.7. The zero-order valence-corrected chi connectivity index (χ0v) is 12.0. The van der Waals surface area contributed by atoms with Gasteiger partial charge < -0.3 is 4.12 Å². The van der Waals surface area contributed by atoms with Crippen molar-refractivity contribution in [2.45, 2.75) is 31.7 Å². The van der Waals surface area contributed by atoms with E-state index in [0.29, 0.717) is 0 Å². The molecule has 0 radical (unpaired) electrons. The van der Waals surface area contributed by atoms with Crippen LogP contribution in [-0.4, -0.2) is 21.4 Å². The van der Waals surface area contributed by atoms with Crippen LogP contribution in [0.15, 0.2) is 12.3 Å². The van der Waals surface area contributed by atoms with Gasteiger partial charge in [-0.15, -0.1) is 28.7 Å². The third kappa shape index (κ3) is 8.33. The lowest BCUT2D eigenvalue weighted by Crippen LogP contribution is -2.40. The summed E-state index contributed by atoms with van der Waals surface area (Å²) in [5, 5.41) is 0. The predicted molar refractivity (Wildman–Crippen MR) is 61.7 cm³/mol. The molecule has 0 heterocycles. The molecular formula is C7H13Cl2F3OSi2. The van der Waals surface area contributed by atoms with Crippen molar-refractivity contribution in [1.82, 2.24) is 0 Å². The monoisotopic (exact) mass is 296 g/mol. The number of hydrogen-bond acceptors (Lipinski definition) is 1. The minimum atomic E-state index is -4.24. The molecule has 0 saturated heterocycles. The van der Waals surface area contributed by atoms with E-state index >= 15 is 0 Å². The molecule has 0 bridgehead atoms. The van der Waals surface area contributed by atoms with Gasteiger partial charge in [-0.05, 0) is 13.1 Å². The zero-order valence-electron chi connectivity index (χ0n) is 8.50. The summed E-state index contributed by atoms with van der Waals surface area (Å²) in [5.74, 6) is 0. The summed E-state index contributed by atoms with van der Waals surface area (Å²) in [6, 6.07) is -0.343. The molecule has 0 rings (SSSR count). The molecule has 0 saturated carbocycles. The van der Waals surface area contributed by atoms with Crippen molar-refractivity contribution in [3.63, 3.8) is 0 Å². The van der Waals surface area contributed by atoms with Gasteiger partial charge in [0.05, 0.1) is 0 Å². The summed E-state index contributed by atoms with van der Waals surface area (Å²) in [4.78, 5) is 0. The van der Waals surface area contributed by atoms with Crippen LogP contribution in [0.1, 0.15) is 6.42 Å². The molecule has 0 aromatic heterocycles. The Hall–Kier alpha value is 0.504. The second kappa shape index (κ2) is 5.22. The van der Waals surface area contributed by atoms with Crippen molar-refractivity contribution >= 4 is 37.4 Å². The maximum absolute atomic E-state index is 11.9. The van der Waals surface area contributed by atoms with Crippen LogP contribution in [0.5, 0.6) is 0 Å². The van der Waals surface area contributed by atoms with E-state index in [1.807, 2.05) is 0 Å². The lowest BCUT2D eigenvalue weighted by atomic mass is 10.5. The van der Waals surface area contributed by atoms with Gasteiger partial charge in [-0.25, -0.2) is 0 Å². The van der Waals surface area contributed by atoms with E-state index in [4.69, 9.17) is 26.3 Å². The lowest BCUT2D eigenvalue weighted by Gasteiger charge is -2.27. The average molecular weight is 297 g/mol. The highest BCUT2D eigenvalue weighted by Crippen LogP contribution is 2.33. The first-order chi connectivity index (χ1) is 6.47. The van der Waals surface area contributed by atoms with Crippen molar-refractivity contribution in [3.8, 4) is 0 Å². The molecule has 0 aromatic rings. The van der Waals surface area contributed by atoms with E-state index < -0.39 is 27.9 Å². The van der Waals surface area contributed by atoms with Gasteiger partial charge in [0.2, 0.25) is 0 Å². The van der Waals surface area contributed by atoms with Crippen LogP contribution in [-0.2, 0) is 4.12 Å². The van der Waals surface area contributed by atoms with Crippen LogP contribution < -0.4 is 0 Å². The van der Waals surface area contributed by atoms with E-state index in [2.05, 4.69) is 6.58 Å². The van der Waals surface area contributed by atoms with E-state index in [1.165, 1.54) is 0 Å². The first-order valence-electron chi connectivity index (χ1n) is 4.26. The van der Waals surface area contributed by atoms with Crippen LogP contribution >= 0.6 is 22.2 Å². The standard InChI is InChI=1S/C7H13Cl2F3OSi2/c1-4-14(2,3)13-15(8,9)6-5-7(10,11)12/h4H,1,5-6H2,2-3H3. The fourth-order valence-electron chi connectivity index (χ4n) is 0.765. The Bertz CT molecular complexity index is 231. The Morgan fingerprint density at radius 1 is 1.33 bits per heavy atom. The molecule has 15 heavy (non-hydrogen) atoms. The smallest absolute Gasteiger partial charge is 0.389 e. The number of rotatable bonds is 5. The first kappa shape index (κ1) is 15.5. The highest BCUT2D eigenvalue weighted by molar-refractivity contribution is 7.43. The SMILES string of the molecule is C=C[Si](C)(C)O[Si](Cl)(Cl)CCC(F)(F)F. The molecule has 0 aromatic carbocycles. The number of hydrogen-bond donors (Lipinski definition) is 0. The topological polar surface area (TPSA) is 9.23 Å². The summed E-state index contributed by atoms with van der Waals surface area (Å²) in [6.45, 7) is 3.85. The zero-order chi connectivity index (χ0) is 12.3. The Kier molecular flexibility index (Phi) is 5.40. The van der Waals surface area contributed by atoms with Gasteiger partial charge in [0.1, 0.15) is 0 Å². The number of halogens is 5. The molecule has 1 nitrogen and oxygen atoms in total. The van der Waals surface area contributed by atoms with E-state index in [-0.39, 0.29) is 6.04 Å². The largest absolute Gasteiger partial charge is 0.430 e. The molecule has 90 valence electrons. The molecule has 0 fully saturated rings. The number of alkyl halides is 3. The van der Waals surface area contributed by atoms with Crippen molar-refractivity contribution in [2.75, 3.05) is 0 Å². The Morgan fingerprint density at radius 3 is 2.13 bits per heavy atom. The third-order valence-electron chi connectivity index (χ3n) is 1.60. The molecule has 8 heteroatoms. The van der Waals surface area contributed by atoms with Crippen LogP contribution in [0.4, 0.5) is 13.2 Å². The first-order valence-corrected chi connectivity index (χ1v) is 11.4. The normalized spacial score (nSPS) is 14.1. The highest BCUT2D eigenvalue weighted by Gasteiger charge is 2.40. The maximum atomic E-state index is 11.9. The molecule has 0 amide bonds. The molecular weight excluding hydrogens is 284 g/mol. The van der Waals surface area contributed by atoms with Crippen LogP contribution in [0, 0.1) is 0 Å². The van der Waals surface area contributed by atoms with Gasteiger partial charge in [0, 0.05) is 12.5 Å². The Balaban J connectivity index is 4.25. The maximum Gasteiger partial charge on any atom is 0.389 e. The van der Waals surface area contributed by atoms with Crippen LogP contribution in [0.25, 0.3) is 0 Å². The van der Waals surface area contributed by atoms with Gasteiger partial charge in [-0.2, -0.15) is 13.2 Å². The van der Waals surface area contributed by atoms with Crippen molar-refractivity contribution in [3.05, 3.63) is 12.3 Å². The van der Waals surface area contributed by atoms with Crippen LogP contribution in [0.3, 0.4) is 0 Å². The molecule has 0 aliphatic rings. The minimum absolute atomic E-state index is 0.343. The summed E-state index contributed by atoms with van der Waals surface area (Å²) in [7, 11) is -2.21. The summed E-state index contributed by atoms with van der Waals surface area (Å²) in [5.41, 5.74) is 1.59. The van der Waals surface area contributed by atoms with Crippen LogP contribution in [0.2, 0.25) is 19.1 Å². The molecule has 0 N–H and O–H groups in total. The van der Waals surface area contributed by atoms with Crippen molar-refractivity contribution in [1.29, 1.82) is 0 Å². The van der Waals surface area contributed by atoms with Gasteiger partial charge in [0.15, 0.2) is 8.32 Å². The van der Waals surface area contributed by atoms with E-state index in [1.54, 1.807) is 18.8 Å². The average Bonchev–Trinajstić information content (AvgIpc) is 1.98. The van der Waals surface area contributed by atoms with E-state index in [9.17, 15) is 13.2 Å².